The van der Waals surface area contributed by atoms with Gasteiger partial charge in [0.25, 0.3) is 5.56 Å². The fourth-order valence-corrected chi connectivity index (χ4v) is 2.11. The number of piperidine rings is 1. The number of rotatable bonds is 2. The number of aliphatic hydroxyl groups excluding tert-OH is 1. The monoisotopic (exact) mass is 270 g/mol. The molecule has 8 nitrogen and oxygen atoms in total. The van der Waals surface area contributed by atoms with E-state index in [4.69, 9.17) is 5.11 Å². The molecule has 0 aromatic carbocycles. The molecule has 0 radical (unpaired) electrons. The third-order valence-corrected chi connectivity index (χ3v) is 3.01. The minimum Gasteiger partial charge on any atom is -0.508 e. The van der Waals surface area contributed by atoms with Gasteiger partial charge in [-0.05, 0) is 12.5 Å². The number of hydroxylamine groups is 2. The van der Waals surface area contributed by atoms with Gasteiger partial charge in [0, 0.05) is 18.8 Å². The average molecular weight is 270 g/mol. The number of aromatic hydroxyl groups is 1. The van der Waals surface area contributed by atoms with Gasteiger partial charge in [-0.15, -0.1) is 5.06 Å². The maximum Gasteiger partial charge on any atom is 0.525 e. The van der Waals surface area contributed by atoms with Gasteiger partial charge in [-0.3, -0.25) is 4.79 Å². The Morgan fingerprint density at radius 2 is 2.21 bits per heavy atom. The van der Waals surface area contributed by atoms with Crippen LogP contribution < -0.4 is 5.56 Å². The second kappa shape index (κ2) is 5.29. The van der Waals surface area contributed by atoms with E-state index < -0.39 is 23.9 Å². The van der Waals surface area contributed by atoms with Crippen molar-refractivity contribution in [1.29, 1.82) is 0 Å². The van der Waals surface area contributed by atoms with Gasteiger partial charge in [0.05, 0.1) is 18.7 Å². The van der Waals surface area contributed by atoms with Crippen LogP contribution in [-0.4, -0.2) is 50.3 Å². The van der Waals surface area contributed by atoms with Gasteiger partial charge in [-0.1, -0.05) is 0 Å². The molecule has 1 fully saturated rings. The molecule has 2 unspecified atom stereocenters. The molecule has 19 heavy (non-hydrogen) atoms. The molecule has 2 heterocycles. The average Bonchev–Trinajstić information content (AvgIpc) is 2.31. The zero-order chi connectivity index (χ0) is 14.0. The van der Waals surface area contributed by atoms with E-state index in [0.29, 0.717) is 0 Å². The van der Waals surface area contributed by atoms with Crippen LogP contribution in [0.1, 0.15) is 12.5 Å². The Morgan fingerprint density at radius 1 is 1.47 bits per heavy atom. The molecule has 104 valence electrons. The van der Waals surface area contributed by atoms with Crippen LogP contribution in [0.4, 0.5) is 4.79 Å². The minimum absolute atomic E-state index is 0.0676. The van der Waals surface area contributed by atoms with E-state index in [1.165, 1.54) is 21.9 Å². The summed E-state index contributed by atoms with van der Waals surface area (Å²) in [5, 5.41) is 28.8. The van der Waals surface area contributed by atoms with Crippen molar-refractivity contribution in [2.45, 2.75) is 18.6 Å². The van der Waals surface area contributed by atoms with Crippen LogP contribution in [0.3, 0.4) is 0 Å². The van der Waals surface area contributed by atoms with Crippen LogP contribution in [0.2, 0.25) is 0 Å². The second-order valence-electron chi connectivity index (χ2n) is 4.30. The van der Waals surface area contributed by atoms with E-state index in [9.17, 15) is 19.8 Å². The molecule has 1 aromatic rings. The fraction of sp³-hybridized carbons (Fsp3) is 0.455. The lowest BCUT2D eigenvalue weighted by Gasteiger charge is -2.34. The summed E-state index contributed by atoms with van der Waals surface area (Å²) in [5.41, 5.74) is -0.471. The van der Waals surface area contributed by atoms with Gasteiger partial charge in [0.1, 0.15) is 5.75 Å². The molecule has 0 bridgehead atoms. The van der Waals surface area contributed by atoms with Crippen LogP contribution in [0.5, 0.6) is 5.75 Å². The Morgan fingerprint density at radius 3 is 2.84 bits per heavy atom. The maximum atomic E-state index is 11.7. The topological polar surface area (TPSA) is 112 Å². The molecule has 1 saturated heterocycles. The number of nitrogens with zero attached hydrogens (tertiary/aromatic N) is 2. The number of carbonyl (C=O) groups is 1. The molecule has 0 aliphatic carbocycles. The van der Waals surface area contributed by atoms with Gasteiger partial charge < -0.3 is 24.7 Å². The number of hydrogen-bond donors (Lipinski definition) is 3. The molecule has 1 aliphatic rings. The minimum atomic E-state index is -1.44. The Labute approximate surface area is 108 Å². The maximum absolute atomic E-state index is 11.7. The predicted molar refractivity (Wildman–Crippen MR) is 62.7 cm³/mol. The summed E-state index contributed by atoms with van der Waals surface area (Å²) >= 11 is 0. The number of aliphatic hydroxyl groups is 1. The molecule has 3 N–H and O–H groups in total. The zero-order valence-electron chi connectivity index (χ0n) is 9.97. The predicted octanol–water partition coefficient (Wildman–Crippen LogP) is -0.229. The number of carboxylic acid groups (broad SMARTS) is 1. The lowest BCUT2D eigenvalue weighted by atomic mass is 10.0. The summed E-state index contributed by atoms with van der Waals surface area (Å²) in [7, 11) is 0. The molecule has 1 aromatic heterocycles. The van der Waals surface area contributed by atoms with Crippen LogP contribution in [0, 0.1) is 0 Å². The van der Waals surface area contributed by atoms with Gasteiger partial charge in [-0.25, -0.2) is 4.79 Å². The van der Waals surface area contributed by atoms with Crippen molar-refractivity contribution < 1.29 is 25.0 Å². The van der Waals surface area contributed by atoms with Crippen LogP contribution in [0.25, 0.3) is 0 Å². The molecule has 2 atom stereocenters. The van der Waals surface area contributed by atoms with Gasteiger partial charge >= 0.3 is 6.16 Å². The Balaban J connectivity index is 2.21. The first-order valence-electron chi connectivity index (χ1n) is 5.72. The van der Waals surface area contributed by atoms with Crippen molar-refractivity contribution in [3.63, 3.8) is 0 Å². The van der Waals surface area contributed by atoms with Crippen molar-refractivity contribution in [1.82, 2.24) is 9.63 Å². The third kappa shape index (κ3) is 3.04. The third-order valence-electron chi connectivity index (χ3n) is 3.01. The highest BCUT2D eigenvalue weighted by molar-refractivity contribution is 5.56. The first-order chi connectivity index (χ1) is 8.97. The van der Waals surface area contributed by atoms with Gasteiger partial charge in [0.15, 0.2) is 0 Å². The van der Waals surface area contributed by atoms with E-state index in [0.717, 1.165) is 6.07 Å². The van der Waals surface area contributed by atoms with E-state index >= 15 is 0 Å². The second-order valence-corrected chi connectivity index (χ2v) is 4.30. The van der Waals surface area contributed by atoms with Crippen LogP contribution >= 0.6 is 0 Å². The van der Waals surface area contributed by atoms with E-state index in [-0.39, 0.29) is 25.3 Å². The molecule has 1 aliphatic heterocycles. The number of aromatic nitrogens is 1. The summed E-state index contributed by atoms with van der Waals surface area (Å²) < 4.78 is 1.25. The normalized spacial score (nSPS) is 24.1. The lowest BCUT2D eigenvalue weighted by Crippen LogP contribution is -2.47. The summed E-state index contributed by atoms with van der Waals surface area (Å²) in [5.74, 6) is -0.162. The fourth-order valence-electron chi connectivity index (χ4n) is 2.11. The van der Waals surface area contributed by atoms with Crippen LogP contribution in [-0.2, 0) is 4.84 Å². The molecule has 0 spiro atoms. The molecule has 8 heteroatoms. The molecular weight excluding hydrogens is 256 g/mol. The lowest BCUT2D eigenvalue weighted by molar-refractivity contribution is -0.156. The van der Waals surface area contributed by atoms with E-state index in [1.54, 1.807) is 0 Å². The summed E-state index contributed by atoms with van der Waals surface area (Å²) in [6.45, 7) is 0.328. The Hall–Kier alpha value is -2.06. The summed E-state index contributed by atoms with van der Waals surface area (Å²) in [4.78, 5) is 26.7. The van der Waals surface area contributed by atoms with Gasteiger partial charge in [-0.2, -0.15) is 0 Å². The van der Waals surface area contributed by atoms with Crippen molar-refractivity contribution in [2.24, 2.45) is 0 Å². The van der Waals surface area contributed by atoms with Gasteiger partial charge in [0.2, 0.25) is 0 Å². The largest absolute Gasteiger partial charge is 0.525 e. The van der Waals surface area contributed by atoms with Crippen molar-refractivity contribution in [3.8, 4) is 5.75 Å². The quantitative estimate of drug-likeness (QED) is 0.680. The summed E-state index contributed by atoms with van der Waals surface area (Å²) in [6.07, 6.45) is -0.578. The zero-order valence-corrected chi connectivity index (χ0v) is 9.97. The highest BCUT2D eigenvalue weighted by atomic mass is 16.8. The molecule has 0 saturated carbocycles. The summed E-state index contributed by atoms with van der Waals surface area (Å²) in [6, 6.07) is 1.73. The Kier molecular flexibility index (Phi) is 3.72. The first-order valence-corrected chi connectivity index (χ1v) is 5.72. The van der Waals surface area contributed by atoms with Crippen molar-refractivity contribution >= 4 is 6.16 Å². The van der Waals surface area contributed by atoms with Crippen LogP contribution in [0.15, 0.2) is 23.1 Å². The standard InChI is InChI=1S/C11H14N2O6/c14-7-1-4-13(10(16)5-7)8-6-12(19-11(17)18)3-2-9(8)15/h1,4-5,8-9,14-15H,2-3,6H2,(H,17,18). The Bertz CT molecular complexity index is 528. The first kappa shape index (κ1) is 13.4. The highest BCUT2D eigenvalue weighted by Gasteiger charge is 2.31. The van der Waals surface area contributed by atoms with E-state index in [2.05, 4.69) is 4.84 Å². The van der Waals surface area contributed by atoms with Crippen molar-refractivity contribution in [2.75, 3.05) is 13.1 Å². The number of pyridine rings is 1. The highest BCUT2D eigenvalue weighted by Crippen LogP contribution is 2.21. The smallest absolute Gasteiger partial charge is 0.508 e. The molecule has 0 amide bonds. The van der Waals surface area contributed by atoms with Crippen molar-refractivity contribution in [3.05, 3.63) is 28.7 Å². The number of hydrogen-bond acceptors (Lipinski definition) is 6. The molecule has 2 rings (SSSR count). The van der Waals surface area contributed by atoms with E-state index in [1.807, 2.05) is 0 Å². The molecular formula is C11H14N2O6. The SMILES string of the molecule is O=C(O)ON1CCC(O)C(n2ccc(O)cc2=O)C1.